The van der Waals surface area contributed by atoms with Crippen molar-refractivity contribution < 1.29 is 24.4 Å². The van der Waals surface area contributed by atoms with Crippen molar-refractivity contribution in [2.75, 3.05) is 14.2 Å². The molecule has 1 aliphatic rings. The van der Waals surface area contributed by atoms with Gasteiger partial charge in [0, 0.05) is 27.1 Å². The van der Waals surface area contributed by atoms with Gasteiger partial charge in [-0.1, -0.05) is 0 Å². The minimum absolute atomic E-state index is 0.247. The Kier molecular flexibility index (Phi) is 4.08. The fourth-order valence-corrected chi connectivity index (χ4v) is 1.49. The highest BCUT2D eigenvalue weighted by molar-refractivity contribution is 4.74. The molecular formula is C8H16O5. The minimum Gasteiger partial charge on any atom is -0.393 e. The second kappa shape index (κ2) is 4.88. The van der Waals surface area contributed by atoms with Gasteiger partial charge in [-0.15, -0.1) is 0 Å². The van der Waals surface area contributed by atoms with Crippen LogP contribution in [0, 0.1) is 0 Å². The highest BCUT2D eigenvalue weighted by atomic mass is 16.7. The van der Waals surface area contributed by atoms with Crippen LogP contribution < -0.4 is 0 Å². The predicted octanol–water partition coefficient (Wildman–Crippen LogP) is -0.536. The molecule has 0 radical (unpaired) electrons. The number of methoxy groups -OCH3 is 2. The molecule has 0 aromatic rings. The highest BCUT2D eigenvalue weighted by Crippen LogP contribution is 2.21. The maximum absolute atomic E-state index is 9.34. The Morgan fingerprint density at radius 2 is 1.85 bits per heavy atom. The smallest absolute Gasteiger partial charge is 0.183 e. The van der Waals surface area contributed by atoms with E-state index in [9.17, 15) is 10.2 Å². The van der Waals surface area contributed by atoms with Crippen LogP contribution in [0.4, 0.5) is 0 Å². The van der Waals surface area contributed by atoms with Gasteiger partial charge in [0.1, 0.15) is 6.10 Å². The summed E-state index contributed by atoms with van der Waals surface area (Å²) in [6, 6.07) is 0. The third-order valence-electron chi connectivity index (χ3n) is 2.08. The first-order chi connectivity index (χ1) is 6.17. The fourth-order valence-electron chi connectivity index (χ4n) is 1.49. The third-order valence-corrected chi connectivity index (χ3v) is 2.08. The van der Waals surface area contributed by atoms with Gasteiger partial charge in [-0.3, -0.25) is 0 Å². The summed E-state index contributed by atoms with van der Waals surface area (Å²) in [6.45, 7) is 0. The molecule has 1 saturated heterocycles. The molecule has 1 aliphatic heterocycles. The maximum Gasteiger partial charge on any atom is 0.183 e. The number of hydrogen-bond donors (Lipinski definition) is 2. The molecule has 2 N–H and O–H groups in total. The number of hydrogen-bond acceptors (Lipinski definition) is 5. The summed E-state index contributed by atoms with van der Waals surface area (Å²) in [7, 11) is 2.98. The van der Waals surface area contributed by atoms with E-state index in [1.165, 1.54) is 14.2 Å². The molecule has 1 heterocycles. The summed E-state index contributed by atoms with van der Waals surface area (Å²) in [4.78, 5) is 0. The number of rotatable bonds is 3. The Balaban J connectivity index is 2.48. The van der Waals surface area contributed by atoms with Crippen molar-refractivity contribution in [2.45, 2.75) is 37.6 Å². The first kappa shape index (κ1) is 10.9. The van der Waals surface area contributed by atoms with Gasteiger partial charge < -0.3 is 24.4 Å². The van der Waals surface area contributed by atoms with Crippen molar-refractivity contribution in [3.63, 3.8) is 0 Å². The van der Waals surface area contributed by atoms with Gasteiger partial charge in [0.05, 0.1) is 6.10 Å². The molecule has 0 aromatic carbocycles. The molecule has 13 heavy (non-hydrogen) atoms. The Morgan fingerprint density at radius 3 is 2.31 bits per heavy atom. The van der Waals surface area contributed by atoms with E-state index in [1.54, 1.807) is 0 Å². The third kappa shape index (κ3) is 2.89. The molecule has 5 nitrogen and oxygen atoms in total. The Bertz CT molecular complexity index is 137. The largest absolute Gasteiger partial charge is 0.393 e. The number of aliphatic hydroxyl groups excluding tert-OH is 2. The molecule has 0 aromatic heterocycles. The van der Waals surface area contributed by atoms with Crippen LogP contribution in [-0.2, 0) is 14.2 Å². The molecule has 1 fully saturated rings. The standard InChI is InChI=1S/C8H16O5/c1-11-8(12-2)6-3-5(9)4-7(10)13-6/h5-10H,3-4H2,1-2H3/t5-,6?,7?/m1/s1. The van der Waals surface area contributed by atoms with E-state index >= 15 is 0 Å². The zero-order valence-corrected chi connectivity index (χ0v) is 7.84. The summed E-state index contributed by atoms with van der Waals surface area (Å²) < 4.78 is 15.1. The van der Waals surface area contributed by atoms with Crippen molar-refractivity contribution >= 4 is 0 Å². The number of ether oxygens (including phenoxy) is 3. The molecule has 0 saturated carbocycles. The number of aliphatic hydroxyl groups is 2. The first-order valence-corrected chi connectivity index (χ1v) is 4.24. The van der Waals surface area contributed by atoms with Crippen LogP contribution in [0.25, 0.3) is 0 Å². The molecule has 0 amide bonds. The highest BCUT2D eigenvalue weighted by Gasteiger charge is 2.32. The summed E-state index contributed by atoms with van der Waals surface area (Å²) in [5.41, 5.74) is 0. The average Bonchev–Trinajstić information content (AvgIpc) is 2.04. The van der Waals surface area contributed by atoms with Gasteiger partial charge in [-0.05, 0) is 0 Å². The van der Waals surface area contributed by atoms with Gasteiger partial charge in [-0.25, -0.2) is 0 Å². The van der Waals surface area contributed by atoms with Crippen LogP contribution in [0.2, 0.25) is 0 Å². The molecule has 0 bridgehead atoms. The zero-order valence-electron chi connectivity index (χ0n) is 7.84. The monoisotopic (exact) mass is 192 g/mol. The van der Waals surface area contributed by atoms with Gasteiger partial charge in [0.2, 0.25) is 0 Å². The second-order valence-corrected chi connectivity index (χ2v) is 3.09. The van der Waals surface area contributed by atoms with Crippen LogP contribution in [0.5, 0.6) is 0 Å². The Morgan fingerprint density at radius 1 is 1.23 bits per heavy atom. The van der Waals surface area contributed by atoms with Crippen molar-refractivity contribution in [1.82, 2.24) is 0 Å². The maximum atomic E-state index is 9.34. The van der Waals surface area contributed by atoms with Crippen LogP contribution in [0.3, 0.4) is 0 Å². The molecule has 5 heteroatoms. The van der Waals surface area contributed by atoms with E-state index in [0.717, 1.165) is 0 Å². The molecule has 78 valence electrons. The van der Waals surface area contributed by atoms with Crippen LogP contribution in [0.1, 0.15) is 12.8 Å². The fraction of sp³-hybridized carbons (Fsp3) is 1.00. The second-order valence-electron chi connectivity index (χ2n) is 3.09. The van der Waals surface area contributed by atoms with Gasteiger partial charge in [-0.2, -0.15) is 0 Å². The molecule has 3 atom stereocenters. The summed E-state index contributed by atoms with van der Waals surface area (Å²) in [5, 5.41) is 18.5. The average molecular weight is 192 g/mol. The topological polar surface area (TPSA) is 68.2 Å². The normalized spacial score (nSPS) is 35.3. The SMILES string of the molecule is COC(OC)C1C[C@@H](O)CC(O)O1. The van der Waals surface area contributed by atoms with E-state index < -0.39 is 24.8 Å². The van der Waals surface area contributed by atoms with Crippen LogP contribution >= 0.6 is 0 Å². The van der Waals surface area contributed by atoms with E-state index in [0.29, 0.717) is 6.42 Å². The van der Waals surface area contributed by atoms with Gasteiger partial charge in [0.15, 0.2) is 12.6 Å². The molecule has 1 rings (SSSR count). The first-order valence-electron chi connectivity index (χ1n) is 4.24. The molecular weight excluding hydrogens is 176 g/mol. The summed E-state index contributed by atoms with van der Waals surface area (Å²) >= 11 is 0. The van der Waals surface area contributed by atoms with Crippen molar-refractivity contribution in [2.24, 2.45) is 0 Å². The van der Waals surface area contributed by atoms with Crippen molar-refractivity contribution in [3.8, 4) is 0 Å². The summed E-state index contributed by atoms with van der Waals surface area (Å²) in [6.07, 6.45) is -1.76. The summed E-state index contributed by atoms with van der Waals surface area (Å²) in [5.74, 6) is 0. The Hall–Kier alpha value is -0.200. The molecule has 0 aliphatic carbocycles. The lowest BCUT2D eigenvalue weighted by Gasteiger charge is -2.33. The van der Waals surface area contributed by atoms with Crippen molar-refractivity contribution in [1.29, 1.82) is 0 Å². The zero-order chi connectivity index (χ0) is 9.84. The lowest BCUT2D eigenvalue weighted by molar-refractivity contribution is -0.260. The van der Waals surface area contributed by atoms with E-state index in [1.807, 2.05) is 0 Å². The Labute approximate surface area is 77.2 Å². The van der Waals surface area contributed by atoms with Crippen LogP contribution in [-0.4, -0.2) is 49.2 Å². The van der Waals surface area contributed by atoms with Gasteiger partial charge >= 0.3 is 0 Å². The lowest BCUT2D eigenvalue weighted by Crippen LogP contribution is -2.43. The van der Waals surface area contributed by atoms with Crippen LogP contribution in [0.15, 0.2) is 0 Å². The van der Waals surface area contributed by atoms with Crippen molar-refractivity contribution in [3.05, 3.63) is 0 Å². The lowest BCUT2D eigenvalue weighted by atomic mass is 10.0. The van der Waals surface area contributed by atoms with E-state index in [2.05, 4.69) is 0 Å². The predicted molar refractivity (Wildman–Crippen MR) is 43.9 cm³/mol. The molecule has 0 spiro atoms. The van der Waals surface area contributed by atoms with E-state index in [-0.39, 0.29) is 6.42 Å². The minimum atomic E-state index is -0.929. The quantitative estimate of drug-likeness (QED) is 0.588. The van der Waals surface area contributed by atoms with E-state index in [4.69, 9.17) is 14.2 Å². The van der Waals surface area contributed by atoms with Gasteiger partial charge in [0.25, 0.3) is 0 Å². The molecule has 2 unspecified atom stereocenters.